The van der Waals surface area contributed by atoms with Crippen molar-refractivity contribution in [3.05, 3.63) is 71.8 Å². The minimum absolute atomic E-state index is 0.0379. The summed E-state index contributed by atoms with van der Waals surface area (Å²) in [5.74, 6) is -0.902. The van der Waals surface area contributed by atoms with Crippen LogP contribution in [0.2, 0.25) is 0 Å². The first-order valence-corrected chi connectivity index (χ1v) is 9.88. The molecule has 2 aromatic carbocycles. The molecule has 2 rings (SSSR count). The lowest BCUT2D eigenvalue weighted by Gasteiger charge is -2.34. The maximum absolute atomic E-state index is 12.3. The zero-order valence-electron chi connectivity index (χ0n) is 17.2. The molecule has 2 aromatic rings. The van der Waals surface area contributed by atoms with Gasteiger partial charge in [-0.05, 0) is 17.5 Å². The van der Waals surface area contributed by atoms with Crippen molar-refractivity contribution >= 4 is 5.97 Å². The molecular formula is C23H31NO5. The highest BCUT2D eigenvalue weighted by atomic mass is 16.7. The zero-order chi connectivity index (χ0) is 20.9. The van der Waals surface area contributed by atoms with Gasteiger partial charge >= 0.3 is 5.97 Å². The van der Waals surface area contributed by atoms with Crippen LogP contribution >= 0.6 is 0 Å². The number of ether oxygens (including phenoxy) is 3. The van der Waals surface area contributed by atoms with E-state index in [0.717, 1.165) is 11.1 Å². The van der Waals surface area contributed by atoms with Gasteiger partial charge in [-0.2, -0.15) is 0 Å². The van der Waals surface area contributed by atoms with Gasteiger partial charge in [0.15, 0.2) is 0 Å². The third-order valence-corrected chi connectivity index (χ3v) is 4.66. The Morgan fingerprint density at radius 2 is 1.52 bits per heavy atom. The Kier molecular flexibility index (Phi) is 10.4. The Labute approximate surface area is 173 Å². The number of methoxy groups -OCH3 is 1. The highest BCUT2D eigenvalue weighted by molar-refractivity contribution is 5.74. The molecule has 0 heterocycles. The standard InChI is InChI=1S/C23H31NO5/c1-3-21(29-18-28-15-14-27-2)22(23(25)26)24(16-19-10-6-4-7-11-19)17-20-12-8-5-9-13-20/h4-13,21-22H,3,14-18H2,1-2H3,(H,25,26)/t21-,22-/m1/s1. The number of benzene rings is 2. The summed E-state index contributed by atoms with van der Waals surface area (Å²) in [5, 5.41) is 10.1. The van der Waals surface area contributed by atoms with E-state index in [-0.39, 0.29) is 6.79 Å². The molecule has 2 atom stereocenters. The number of carboxylic acids is 1. The average molecular weight is 402 g/mol. The van der Waals surface area contributed by atoms with E-state index in [9.17, 15) is 9.90 Å². The Hall–Kier alpha value is -2.25. The number of hydrogen-bond acceptors (Lipinski definition) is 5. The molecule has 0 aromatic heterocycles. The molecule has 0 amide bonds. The highest BCUT2D eigenvalue weighted by Crippen LogP contribution is 2.19. The number of carbonyl (C=O) groups is 1. The first-order valence-electron chi connectivity index (χ1n) is 9.88. The molecule has 6 nitrogen and oxygen atoms in total. The monoisotopic (exact) mass is 401 g/mol. The third kappa shape index (κ3) is 7.95. The molecule has 0 radical (unpaired) electrons. The molecule has 1 N–H and O–H groups in total. The van der Waals surface area contributed by atoms with Crippen LogP contribution in [0.4, 0.5) is 0 Å². The number of aliphatic carboxylic acids is 1. The average Bonchev–Trinajstić information content (AvgIpc) is 2.73. The van der Waals surface area contributed by atoms with Gasteiger partial charge in [-0.25, -0.2) is 0 Å². The van der Waals surface area contributed by atoms with Crippen LogP contribution in [0.25, 0.3) is 0 Å². The predicted octanol–water partition coefficient (Wildman–Crippen LogP) is 3.56. The van der Waals surface area contributed by atoms with Gasteiger partial charge in [-0.1, -0.05) is 67.6 Å². The summed E-state index contributed by atoms with van der Waals surface area (Å²) >= 11 is 0. The molecular weight excluding hydrogens is 370 g/mol. The maximum atomic E-state index is 12.3. The van der Waals surface area contributed by atoms with Crippen molar-refractivity contribution in [2.45, 2.75) is 38.6 Å². The molecule has 29 heavy (non-hydrogen) atoms. The van der Waals surface area contributed by atoms with Crippen LogP contribution in [-0.2, 0) is 32.1 Å². The second-order valence-corrected chi connectivity index (χ2v) is 6.79. The minimum Gasteiger partial charge on any atom is -0.480 e. The van der Waals surface area contributed by atoms with Crippen LogP contribution < -0.4 is 0 Å². The fourth-order valence-corrected chi connectivity index (χ4v) is 3.21. The van der Waals surface area contributed by atoms with Crippen LogP contribution in [0.3, 0.4) is 0 Å². The second kappa shape index (κ2) is 13.1. The van der Waals surface area contributed by atoms with E-state index in [1.54, 1.807) is 7.11 Å². The van der Waals surface area contributed by atoms with E-state index in [0.29, 0.717) is 32.7 Å². The van der Waals surface area contributed by atoms with Gasteiger partial charge in [0.1, 0.15) is 12.8 Å². The largest absolute Gasteiger partial charge is 0.480 e. The molecule has 6 heteroatoms. The van der Waals surface area contributed by atoms with E-state index in [1.165, 1.54) is 0 Å². The van der Waals surface area contributed by atoms with Crippen molar-refractivity contribution in [1.82, 2.24) is 4.90 Å². The van der Waals surface area contributed by atoms with E-state index < -0.39 is 18.1 Å². The van der Waals surface area contributed by atoms with Crippen LogP contribution in [0.15, 0.2) is 60.7 Å². The summed E-state index contributed by atoms with van der Waals surface area (Å²) in [6.45, 7) is 3.86. The highest BCUT2D eigenvalue weighted by Gasteiger charge is 2.34. The quantitative estimate of drug-likeness (QED) is 0.386. The SMILES string of the molecule is CC[C@@H](OCOCCOC)[C@H](C(=O)O)N(Cc1ccccc1)Cc1ccccc1. The molecule has 0 spiro atoms. The summed E-state index contributed by atoms with van der Waals surface area (Å²) in [6, 6.07) is 19.0. The van der Waals surface area contributed by atoms with Gasteiger partial charge in [0.25, 0.3) is 0 Å². The smallest absolute Gasteiger partial charge is 0.323 e. The summed E-state index contributed by atoms with van der Waals surface area (Å²) in [5.41, 5.74) is 2.11. The maximum Gasteiger partial charge on any atom is 0.323 e. The normalized spacial score (nSPS) is 13.3. The number of carboxylic acid groups (broad SMARTS) is 1. The van der Waals surface area contributed by atoms with Crippen LogP contribution in [-0.4, -0.2) is 55.2 Å². The van der Waals surface area contributed by atoms with Crippen molar-refractivity contribution in [3.8, 4) is 0 Å². The van der Waals surface area contributed by atoms with Crippen molar-refractivity contribution in [2.75, 3.05) is 27.1 Å². The fourth-order valence-electron chi connectivity index (χ4n) is 3.21. The van der Waals surface area contributed by atoms with E-state index in [4.69, 9.17) is 14.2 Å². The van der Waals surface area contributed by atoms with Gasteiger partial charge in [0, 0.05) is 20.2 Å². The van der Waals surface area contributed by atoms with Crippen molar-refractivity contribution in [1.29, 1.82) is 0 Å². The van der Waals surface area contributed by atoms with Crippen LogP contribution in [0.1, 0.15) is 24.5 Å². The molecule has 0 saturated carbocycles. The van der Waals surface area contributed by atoms with Gasteiger partial charge in [-0.3, -0.25) is 9.69 Å². The summed E-state index contributed by atoms with van der Waals surface area (Å²) in [4.78, 5) is 14.2. The second-order valence-electron chi connectivity index (χ2n) is 6.79. The van der Waals surface area contributed by atoms with Gasteiger partial charge in [0.2, 0.25) is 0 Å². The lowest BCUT2D eigenvalue weighted by Crippen LogP contribution is -2.49. The summed E-state index contributed by atoms with van der Waals surface area (Å²) in [7, 11) is 1.60. The van der Waals surface area contributed by atoms with Crippen LogP contribution in [0, 0.1) is 0 Å². The summed E-state index contributed by atoms with van der Waals surface area (Å²) in [6.07, 6.45) is 0.0625. The van der Waals surface area contributed by atoms with Gasteiger partial charge in [-0.15, -0.1) is 0 Å². The minimum atomic E-state index is -0.902. The Bertz CT molecular complexity index is 653. The molecule has 0 unspecified atom stereocenters. The Morgan fingerprint density at radius 3 is 1.97 bits per heavy atom. The predicted molar refractivity (Wildman–Crippen MR) is 111 cm³/mol. The lowest BCUT2D eigenvalue weighted by atomic mass is 10.0. The molecule has 158 valence electrons. The lowest BCUT2D eigenvalue weighted by molar-refractivity contribution is -0.160. The number of hydrogen-bond donors (Lipinski definition) is 1. The molecule has 0 fully saturated rings. The van der Waals surface area contributed by atoms with E-state index in [2.05, 4.69) is 0 Å². The van der Waals surface area contributed by atoms with Crippen molar-refractivity contribution in [2.24, 2.45) is 0 Å². The zero-order valence-corrected chi connectivity index (χ0v) is 17.2. The third-order valence-electron chi connectivity index (χ3n) is 4.66. The van der Waals surface area contributed by atoms with Crippen molar-refractivity contribution < 1.29 is 24.1 Å². The first-order chi connectivity index (χ1) is 14.2. The van der Waals surface area contributed by atoms with Crippen molar-refractivity contribution in [3.63, 3.8) is 0 Å². The molecule has 0 aliphatic rings. The molecule has 0 saturated heterocycles. The number of nitrogens with zero attached hydrogens (tertiary/aromatic N) is 1. The van der Waals surface area contributed by atoms with Gasteiger partial charge < -0.3 is 19.3 Å². The first kappa shape index (κ1) is 23.0. The fraction of sp³-hybridized carbons (Fsp3) is 0.435. The van der Waals surface area contributed by atoms with E-state index >= 15 is 0 Å². The molecule has 0 aliphatic carbocycles. The summed E-state index contributed by atoms with van der Waals surface area (Å²) < 4.78 is 16.2. The number of rotatable bonds is 14. The molecule has 0 aliphatic heterocycles. The van der Waals surface area contributed by atoms with E-state index in [1.807, 2.05) is 72.5 Å². The van der Waals surface area contributed by atoms with Gasteiger partial charge in [0.05, 0.1) is 19.3 Å². The topological polar surface area (TPSA) is 68.2 Å². The Morgan fingerprint density at radius 1 is 0.966 bits per heavy atom. The molecule has 0 bridgehead atoms. The Balaban J connectivity index is 2.18. The van der Waals surface area contributed by atoms with Crippen LogP contribution in [0.5, 0.6) is 0 Å².